The Bertz CT molecular complexity index is 643. The third-order valence-electron chi connectivity index (χ3n) is 4.41. The first-order valence-electron chi connectivity index (χ1n) is 7.11. The van der Waals surface area contributed by atoms with Gasteiger partial charge in [-0.3, -0.25) is 0 Å². The van der Waals surface area contributed by atoms with E-state index in [1.54, 1.807) is 0 Å². The summed E-state index contributed by atoms with van der Waals surface area (Å²) >= 11 is 11.9. The average Bonchev–Trinajstić information content (AvgIpc) is 2.76. The van der Waals surface area contributed by atoms with E-state index in [-0.39, 0.29) is 0 Å². The van der Waals surface area contributed by atoms with E-state index in [0.29, 0.717) is 6.04 Å². The summed E-state index contributed by atoms with van der Waals surface area (Å²) in [6, 6.07) is 6.47. The zero-order valence-corrected chi connectivity index (χ0v) is 12.7. The number of H-pyrrole nitrogens is 1. The highest BCUT2D eigenvalue weighted by atomic mass is 35.5. The number of aromatic nitrogens is 2. The van der Waals surface area contributed by atoms with Crippen LogP contribution in [0.15, 0.2) is 18.2 Å². The summed E-state index contributed by atoms with van der Waals surface area (Å²) in [5.74, 6) is 0.718. The Morgan fingerprint density at radius 3 is 2.95 bits per heavy atom. The molecule has 1 fully saturated rings. The van der Waals surface area contributed by atoms with E-state index in [0.717, 1.165) is 26.7 Å². The summed E-state index contributed by atoms with van der Waals surface area (Å²) in [6.45, 7) is 2.28. The molecule has 0 saturated heterocycles. The molecule has 0 bridgehead atoms. The smallest absolute Gasteiger partial charge is 0.178 e. The number of fused-ring (bicyclic) bond motifs is 1. The molecule has 2 nitrogen and oxygen atoms in total. The lowest BCUT2D eigenvalue weighted by Crippen LogP contribution is -2.23. The first-order valence-corrected chi connectivity index (χ1v) is 7.89. The number of hydrogen-bond acceptors (Lipinski definition) is 1. The minimum Gasteiger partial charge on any atom is -0.331 e. The van der Waals surface area contributed by atoms with E-state index in [1.165, 1.54) is 32.1 Å². The molecule has 1 N–H and O–H groups in total. The monoisotopic (exact) mass is 294 g/mol. The van der Waals surface area contributed by atoms with E-state index >= 15 is 0 Å². The molecule has 0 aliphatic heterocycles. The molecule has 2 aromatic rings. The molecule has 0 amide bonds. The molecule has 0 spiro atoms. The summed E-state index contributed by atoms with van der Waals surface area (Å²) in [7, 11) is 0. The van der Waals surface area contributed by atoms with Gasteiger partial charge in [0.2, 0.25) is 0 Å². The summed E-state index contributed by atoms with van der Waals surface area (Å²) < 4.78 is 3.09. The molecule has 4 heteroatoms. The van der Waals surface area contributed by atoms with E-state index in [1.807, 2.05) is 12.1 Å². The van der Waals surface area contributed by atoms with Gasteiger partial charge in [-0.2, -0.15) is 0 Å². The predicted molar refractivity (Wildman–Crippen MR) is 83.4 cm³/mol. The second-order valence-corrected chi connectivity index (χ2v) is 6.25. The summed E-state index contributed by atoms with van der Waals surface area (Å²) in [6.07, 6.45) is 6.37. The maximum Gasteiger partial charge on any atom is 0.178 e. The quantitative estimate of drug-likeness (QED) is 0.726. The molecule has 1 aromatic heterocycles. The molecule has 1 aliphatic carbocycles. The fourth-order valence-corrected chi connectivity index (χ4v) is 4.06. The number of nitrogens with zero attached hydrogens (tertiary/aromatic N) is 1. The van der Waals surface area contributed by atoms with Crippen molar-refractivity contribution in [1.82, 2.24) is 9.55 Å². The summed E-state index contributed by atoms with van der Waals surface area (Å²) in [4.78, 5) is 3.30. The van der Waals surface area contributed by atoms with Gasteiger partial charge in [0.15, 0.2) is 4.77 Å². The van der Waals surface area contributed by atoms with Gasteiger partial charge in [-0.1, -0.05) is 43.9 Å². The van der Waals surface area contributed by atoms with Gasteiger partial charge in [0, 0.05) is 6.04 Å². The van der Waals surface area contributed by atoms with Crippen LogP contribution in [0.1, 0.15) is 45.1 Å². The summed E-state index contributed by atoms with van der Waals surface area (Å²) in [5, 5.41) is 0.797. The van der Waals surface area contributed by atoms with Crippen LogP contribution in [-0.4, -0.2) is 9.55 Å². The molecule has 3 rings (SSSR count). The van der Waals surface area contributed by atoms with E-state index < -0.39 is 0 Å². The number of halogens is 1. The van der Waals surface area contributed by atoms with Crippen LogP contribution in [0, 0.1) is 10.7 Å². The first kappa shape index (κ1) is 13.2. The van der Waals surface area contributed by atoms with Crippen molar-refractivity contribution >= 4 is 34.9 Å². The molecule has 1 aromatic carbocycles. The number of aromatic amines is 1. The van der Waals surface area contributed by atoms with Gasteiger partial charge < -0.3 is 9.55 Å². The fourth-order valence-electron chi connectivity index (χ4n) is 3.46. The lowest BCUT2D eigenvalue weighted by atomic mass is 9.82. The Morgan fingerprint density at radius 2 is 2.16 bits per heavy atom. The van der Waals surface area contributed by atoms with Crippen molar-refractivity contribution in [2.45, 2.75) is 45.1 Å². The normalized spacial score (nSPS) is 23.9. The molecule has 1 aliphatic rings. The standard InChI is InChI=1S/C15H19ClN2S/c1-2-10-6-3-4-9-13(10)18-14-11(16)7-5-8-12(14)17-15(18)19/h5,7-8,10,13H,2-4,6,9H2,1H3,(H,17,19). The van der Waals surface area contributed by atoms with Crippen LogP contribution in [0.25, 0.3) is 11.0 Å². The van der Waals surface area contributed by atoms with E-state index in [2.05, 4.69) is 22.5 Å². The molecule has 0 radical (unpaired) electrons. The van der Waals surface area contributed by atoms with Gasteiger partial charge in [0.05, 0.1) is 16.1 Å². The lowest BCUT2D eigenvalue weighted by molar-refractivity contribution is 0.235. The van der Waals surface area contributed by atoms with Crippen LogP contribution in [0.4, 0.5) is 0 Å². The molecular weight excluding hydrogens is 276 g/mol. The van der Waals surface area contributed by atoms with Crippen molar-refractivity contribution < 1.29 is 0 Å². The van der Waals surface area contributed by atoms with E-state index in [9.17, 15) is 0 Å². The highest BCUT2D eigenvalue weighted by Gasteiger charge is 2.27. The number of benzene rings is 1. The summed E-state index contributed by atoms with van der Waals surface area (Å²) in [5.41, 5.74) is 2.14. The van der Waals surface area contributed by atoms with Gasteiger partial charge in [-0.05, 0) is 43.1 Å². The Hall–Kier alpha value is -0.800. The van der Waals surface area contributed by atoms with Crippen molar-refractivity contribution in [2.75, 3.05) is 0 Å². The van der Waals surface area contributed by atoms with Crippen LogP contribution in [-0.2, 0) is 0 Å². The van der Waals surface area contributed by atoms with Gasteiger partial charge in [0.25, 0.3) is 0 Å². The number of hydrogen-bond donors (Lipinski definition) is 1. The molecule has 2 unspecified atom stereocenters. The van der Waals surface area contributed by atoms with Crippen molar-refractivity contribution in [1.29, 1.82) is 0 Å². The van der Waals surface area contributed by atoms with Crippen molar-refractivity contribution in [2.24, 2.45) is 5.92 Å². The highest BCUT2D eigenvalue weighted by molar-refractivity contribution is 7.71. The van der Waals surface area contributed by atoms with Crippen LogP contribution in [0.3, 0.4) is 0 Å². The maximum atomic E-state index is 6.40. The predicted octanol–water partition coefficient (Wildman–Crippen LogP) is 5.49. The first-order chi connectivity index (χ1) is 9.22. The third-order valence-corrected chi connectivity index (χ3v) is 5.02. The zero-order chi connectivity index (χ0) is 13.4. The molecule has 102 valence electrons. The Morgan fingerprint density at radius 1 is 1.37 bits per heavy atom. The van der Waals surface area contributed by atoms with Gasteiger partial charge in [-0.15, -0.1) is 0 Å². The molecule has 1 saturated carbocycles. The number of nitrogens with one attached hydrogen (secondary N) is 1. The van der Waals surface area contributed by atoms with Crippen molar-refractivity contribution in [3.63, 3.8) is 0 Å². The van der Waals surface area contributed by atoms with Crippen LogP contribution in [0.5, 0.6) is 0 Å². The second kappa shape index (κ2) is 5.29. The van der Waals surface area contributed by atoms with Crippen LogP contribution < -0.4 is 0 Å². The SMILES string of the molecule is CCC1CCCCC1n1c(=S)[nH]c2cccc(Cl)c21. The maximum absolute atomic E-state index is 6.40. The number of rotatable bonds is 2. The number of para-hydroxylation sites is 1. The minimum absolute atomic E-state index is 0.500. The topological polar surface area (TPSA) is 20.7 Å². The van der Waals surface area contributed by atoms with E-state index in [4.69, 9.17) is 23.8 Å². The van der Waals surface area contributed by atoms with Crippen molar-refractivity contribution in [3.05, 3.63) is 28.0 Å². The average molecular weight is 295 g/mol. The Labute approximate surface area is 123 Å². The lowest BCUT2D eigenvalue weighted by Gasteiger charge is -2.32. The van der Waals surface area contributed by atoms with Gasteiger partial charge in [0.1, 0.15) is 0 Å². The number of imidazole rings is 1. The minimum atomic E-state index is 0.500. The molecular formula is C15H19ClN2S. The second-order valence-electron chi connectivity index (χ2n) is 5.46. The van der Waals surface area contributed by atoms with Crippen molar-refractivity contribution in [3.8, 4) is 0 Å². The van der Waals surface area contributed by atoms with Crippen LogP contribution >= 0.6 is 23.8 Å². The molecule has 2 atom stereocenters. The van der Waals surface area contributed by atoms with Crippen LogP contribution in [0.2, 0.25) is 5.02 Å². The Kier molecular flexibility index (Phi) is 3.68. The molecule has 19 heavy (non-hydrogen) atoms. The zero-order valence-electron chi connectivity index (χ0n) is 11.2. The fraction of sp³-hybridized carbons (Fsp3) is 0.533. The van der Waals surface area contributed by atoms with Gasteiger partial charge in [-0.25, -0.2) is 0 Å². The largest absolute Gasteiger partial charge is 0.331 e. The van der Waals surface area contributed by atoms with Gasteiger partial charge >= 0.3 is 0 Å². The Balaban J connectivity index is 2.18. The third kappa shape index (κ3) is 2.23. The molecule has 1 heterocycles. The highest BCUT2D eigenvalue weighted by Crippen LogP contribution is 2.39.